The zero-order valence-electron chi connectivity index (χ0n) is 9.42. The molecule has 100 valence electrons. The summed E-state index contributed by atoms with van der Waals surface area (Å²) in [5, 5.41) is 2.11. The summed E-state index contributed by atoms with van der Waals surface area (Å²) in [5.41, 5.74) is 0.168. The van der Waals surface area contributed by atoms with Crippen LogP contribution in [-0.4, -0.2) is 18.9 Å². The molecule has 0 aromatic heterocycles. The lowest BCUT2D eigenvalue weighted by Gasteiger charge is -2.15. The van der Waals surface area contributed by atoms with Gasteiger partial charge in [-0.25, -0.2) is 9.18 Å². The second-order valence-corrected chi connectivity index (χ2v) is 3.58. The van der Waals surface area contributed by atoms with Gasteiger partial charge >= 0.3 is 12.3 Å². The van der Waals surface area contributed by atoms with Crippen LogP contribution >= 0.6 is 0 Å². The van der Waals surface area contributed by atoms with Crippen LogP contribution in [0.5, 0.6) is 0 Å². The Bertz CT molecular complexity index is 420. The highest BCUT2D eigenvalue weighted by molar-refractivity contribution is 5.67. The summed E-state index contributed by atoms with van der Waals surface area (Å²) >= 11 is 0. The van der Waals surface area contributed by atoms with E-state index in [4.69, 9.17) is 0 Å². The maximum Gasteiger partial charge on any atom is 0.422 e. The van der Waals surface area contributed by atoms with Crippen LogP contribution in [0.25, 0.3) is 0 Å². The number of hydrogen-bond acceptors (Lipinski definition) is 2. The molecule has 0 saturated heterocycles. The van der Waals surface area contributed by atoms with Gasteiger partial charge in [-0.2, -0.15) is 13.2 Å². The van der Waals surface area contributed by atoms with E-state index in [1.165, 1.54) is 25.1 Å². The molecule has 7 heteroatoms. The van der Waals surface area contributed by atoms with Gasteiger partial charge in [0.1, 0.15) is 5.82 Å². The molecule has 1 atom stereocenters. The number of carbonyl (C=O) groups excluding carboxylic acids is 1. The van der Waals surface area contributed by atoms with Crippen molar-refractivity contribution in [3.8, 4) is 0 Å². The lowest BCUT2D eigenvalue weighted by Crippen LogP contribution is -2.31. The predicted molar refractivity (Wildman–Crippen MR) is 55.4 cm³/mol. The molecule has 0 aliphatic carbocycles. The van der Waals surface area contributed by atoms with Crippen LogP contribution in [0.2, 0.25) is 0 Å². The monoisotopic (exact) mass is 265 g/mol. The topological polar surface area (TPSA) is 38.3 Å². The Balaban J connectivity index is 2.53. The van der Waals surface area contributed by atoms with Gasteiger partial charge < -0.3 is 10.1 Å². The van der Waals surface area contributed by atoms with Crippen molar-refractivity contribution >= 4 is 6.09 Å². The van der Waals surface area contributed by atoms with Crippen LogP contribution in [0, 0.1) is 5.82 Å². The smallest absolute Gasteiger partial charge is 0.422 e. The number of halogens is 4. The van der Waals surface area contributed by atoms with E-state index in [2.05, 4.69) is 10.1 Å². The quantitative estimate of drug-likeness (QED) is 0.852. The van der Waals surface area contributed by atoms with Gasteiger partial charge in [-0.05, 0) is 13.0 Å². The number of hydrogen-bond donors (Lipinski definition) is 1. The van der Waals surface area contributed by atoms with Crippen molar-refractivity contribution in [3.05, 3.63) is 35.6 Å². The molecular formula is C11H11F4NO2. The number of rotatable bonds is 3. The van der Waals surface area contributed by atoms with Gasteiger partial charge in [0, 0.05) is 5.56 Å². The Labute approximate surface area is 101 Å². The lowest BCUT2D eigenvalue weighted by molar-refractivity contribution is -0.160. The zero-order valence-corrected chi connectivity index (χ0v) is 9.42. The van der Waals surface area contributed by atoms with Crippen LogP contribution in [0.15, 0.2) is 24.3 Å². The molecular weight excluding hydrogens is 254 g/mol. The van der Waals surface area contributed by atoms with Crippen molar-refractivity contribution in [3.63, 3.8) is 0 Å². The van der Waals surface area contributed by atoms with Gasteiger partial charge in [-0.1, -0.05) is 18.2 Å². The molecule has 1 N–H and O–H groups in total. The fourth-order valence-corrected chi connectivity index (χ4v) is 1.27. The largest absolute Gasteiger partial charge is 0.440 e. The molecule has 1 aromatic rings. The standard InChI is InChI=1S/C11H11F4NO2/c1-7(8-4-2-3-5-9(8)12)16-10(17)18-6-11(13,14)15/h2-5,7H,6H2,1H3,(H,16,17). The van der Waals surface area contributed by atoms with Gasteiger partial charge in [-0.3, -0.25) is 0 Å². The number of amides is 1. The first-order valence-corrected chi connectivity index (χ1v) is 5.04. The Morgan fingerprint density at radius 3 is 2.56 bits per heavy atom. The van der Waals surface area contributed by atoms with Crippen molar-refractivity contribution in [1.82, 2.24) is 5.32 Å². The van der Waals surface area contributed by atoms with Gasteiger partial charge in [0.2, 0.25) is 0 Å². The minimum Gasteiger partial charge on any atom is -0.440 e. The van der Waals surface area contributed by atoms with E-state index >= 15 is 0 Å². The molecule has 0 bridgehead atoms. The summed E-state index contributed by atoms with van der Waals surface area (Å²) in [4.78, 5) is 11.0. The SMILES string of the molecule is CC(NC(=O)OCC(F)(F)F)c1ccccc1F. The van der Waals surface area contributed by atoms with Gasteiger partial charge in [0.05, 0.1) is 6.04 Å². The lowest BCUT2D eigenvalue weighted by atomic mass is 10.1. The molecule has 3 nitrogen and oxygen atoms in total. The molecule has 0 heterocycles. The van der Waals surface area contributed by atoms with E-state index in [1.54, 1.807) is 6.07 Å². The van der Waals surface area contributed by atoms with Crippen molar-refractivity contribution < 1.29 is 27.1 Å². The molecule has 18 heavy (non-hydrogen) atoms. The normalized spacial score (nSPS) is 12.9. The van der Waals surface area contributed by atoms with E-state index in [1.807, 2.05) is 0 Å². The van der Waals surface area contributed by atoms with E-state index in [9.17, 15) is 22.4 Å². The van der Waals surface area contributed by atoms with Gasteiger partial charge in [-0.15, -0.1) is 0 Å². The van der Waals surface area contributed by atoms with Crippen molar-refractivity contribution in [2.45, 2.75) is 19.1 Å². The summed E-state index contributed by atoms with van der Waals surface area (Å²) in [6, 6.07) is 4.84. The molecule has 0 radical (unpaired) electrons. The Kier molecular flexibility index (Phi) is 4.52. The van der Waals surface area contributed by atoms with E-state index in [0.29, 0.717) is 0 Å². The van der Waals surface area contributed by atoms with Crippen LogP contribution in [-0.2, 0) is 4.74 Å². The molecule has 1 aromatic carbocycles. The average molecular weight is 265 g/mol. The van der Waals surface area contributed by atoms with Crippen LogP contribution in [0.1, 0.15) is 18.5 Å². The van der Waals surface area contributed by atoms with Gasteiger partial charge in [0.25, 0.3) is 0 Å². The molecule has 1 rings (SSSR count). The summed E-state index contributed by atoms with van der Waals surface area (Å²) in [6.45, 7) is -0.240. The summed E-state index contributed by atoms with van der Waals surface area (Å²) < 4.78 is 52.6. The zero-order chi connectivity index (χ0) is 13.8. The number of ether oxygens (including phenoxy) is 1. The Morgan fingerprint density at radius 1 is 1.39 bits per heavy atom. The first-order valence-electron chi connectivity index (χ1n) is 5.04. The summed E-state index contributed by atoms with van der Waals surface area (Å²) in [6.07, 6.45) is -5.83. The third-order valence-corrected chi connectivity index (χ3v) is 2.07. The van der Waals surface area contributed by atoms with E-state index in [0.717, 1.165) is 0 Å². The van der Waals surface area contributed by atoms with Gasteiger partial charge in [0.15, 0.2) is 6.61 Å². The van der Waals surface area contributed by atoms with Crippen LogP contribution in [0.4, 0.5) is 22.4 Å². The maximum atomic E-state index is 13.3. The van der Waals surface area contributed by atoms with Crippen LogP contribution < -0.4 is 5.32 Å². The van der Waals surface area contributed by atoms with Crippen molar-refractivity contribution in [2.24, 2.45) is 0 Å². The van der Waals surface area contributed by atoms with E-state index in [-0.39, 0.29) is 5.56 Å². The molecule has 0 saturated carbocycles. The Hall–Kier alpha value is -1.79. The number of alkyl carbamates (subject to hydrolysis) is 1. The maximum absolute atomic E-state index is 13.3. The summed E-state index contributed by atoms with van der Waals surface area (Å²) in [5.74, 6) is -0.555. The third-order valence-electron chi connectivity index (χ3n) is 2.07. The van der Waals surface area contributed by atoms with E-state index < -0.39 is 30.7 Å². The highest BCUT2D eigenvalue weighted by Gasteiger charge is 2.29. The first-order chi connectivity index (χ1) is 8.29. The Morgan fingerprint density at radius 2 is 2.00 bits per heavy atom. The molecule has 0 aliphatic heterocycles. The fraction of sp³-hybridized carbons (Fsp3) is 0.364. The second kappa shape index (κ2) is 5.70. The van der Waals surface area contributed by atoms with Crippen molar-refractivity contribution in [2.75, 3.05) is 6.61 Å². The molecule has 1 amide bonds. The minimum atomic E-state index is -4.58. The summed E-state index contributed by atoms with van der Waals surface area (Å²) in [7, 11) is 0. The molecule has 0 spiro atoms. The number of benzene rings is 1. The molecule has 1 unspecified atom stereocenters. The average Bonchev–Trinajstić information content (AvgIpc) is 2.26. The highest BCUT2D eigenvalue weighted by atomic mass is 19.4. The van der Waals surface area contributed by atoms with Crippen LogP contribution in [0.3, 0.4) is 0 Å². The first kappa shape index (κ1) is 14.3. The minimum absolute atomic E-state index is 0.168. The second-order valence-electron chi connectivity index (χ2n) is 3.58. The fourth-order valence-electron chi connectivity index (χ4n) is 1.27. The molecule has 0 aliphatic rings. The molecule has 0 fully saturated rings. The van der Waals surface area contributed by atoms with Crippen molar-refractivity contribution in [1.29, 1.82) is 0 Å². The third kappa shape index (κ3) is 4.60. The number of nitrogens with one attached hydrogen (secondary N) is 1. The highest BCUT2D eigenvalue weighted by Crippen LogP contribution is 2.17. The number of alkyl halides is 3. The number of carbonyl (C=O) groups is 1. The predicted octanol–water partition coefficient (Wildman–Crippen LogP) is 3.18.